The van der Waals surface area contributed by atoms with Crippen LogP contribution in [0.2, 0.25) is 0 Å². The second-order valence-corrected chi connectivity index (χ2v) is 6.23. The number of hydrogen-bond acceptors (Lipinski definition) is 3. The number of hydrogen-bond donors (Lipinski definition) is 1. The molecule has 0 saturated carbocycles. The van der Waals surface area contributed by atoms with Crippen LogP contribution in [0.1, 0.15) is 17.3 Å². The van der Waals surface area contributed by atoms with Crippen molar-refractivity contribution in [2.75, 3.05) is 5.32 Å². The van der Waals surface area contributed by atoms with Gasteiger partial charge in [-0.05, 0) is 59.8 Å². The summed E-state index contributed by atoms with van der Waals surface area (Å²) in [6, 6.07) is 15.1. The van der Waals surface area contributed by atoms with E-state index < -0.39 is 0 Å². The minimum Gasteiger partial charge on any atom is -0.322 e. The quantitative estimate of drug-likeness (QED) is 0.656. The van der Waals surface area contributed by atoms with Crippen molar-refractivity contribution in [3.8, 4) is 11.4 Å². The Morgan fingerprint density at radius 2 is 2.04 bits per heavy atom. The number of amides is 1. The van der Waals surface area contributed by atoms with Gasteiger partial charge < -0.3 is 9.88 Å². The SMILES string of the molecule is CCn1cnnc1-c1cccc(NC(=O)c2cccc(I)c2)c1. The summed E-state index contributed by atoms with van der Waals surface area (Å²) in [5.41, 5.74) is 2.29. The summed E-state index contributed by atoms with van der Waals surface area (Å²) in [5.74, 6) is 0.662. The summed E-state index contributed by atoms with van der Waals surface area (Å²) in [7, 11) is 0. The lowest BCUT2D eigenvalue weighted by molar-refractivity contribution is 0.102. The van der Waals surface area contributed by atoms with Crippen molar-refractivity contribution in [3.05, 3.63) is 64.0 Å². The molecule has 0 aliphatic heterocycles. The number of aromatic nitrogens is 3. The fourth-order valence-corrected chi connectivity index (χ4v) is 2.82. The maximum absolute atomic E-state index is 12.3. The van der Waals surface area contributed by atoms with Crippen LogP contribution >= 0.6 is 22.6 Å². The molecule has 1 amide bonds. The zero-order chi connectivity index (χ0) is 16.2. The van der Waals surface area contributed by atoms with Gasteiger partial charge in [-0.3, -0.25) is 4.79 Å². The number of aryl methyl sites for hydroxylation is 1. The molecule has 3 rings (SSSR count). The molecule has 0 aliphatic rings. The fraction of sp³-hybridized carbons (Fsp3) is 0.118. The van der Waals surface area contributed by atoms with E-state index in [0.29, 0.717) is 5.56 Å². The van der Waals surface area contributed by atoms with Gasteiger partial charge in [-0.1, -0.05) is 18.2 Å². The number of benzene rings is 2. The summed E-state index contributed by atoms with van der Waals surface area (Å²) >= 11 is 2.19. The maximum Gasteiger partial charge on any atom is 0.255 e. The molecule has 1 aromatic heterocycles. The van der Waals surface area contributed by atoms with Gasteiger partial charge in [0.1, 0.15) is 6.33 Å². The highest BCUT2D eigenvalue weighted by atomic mass is 127. The number of anilines is 1. The van der Waals surface area contributed by atoms with Gasteiger partial charge in [-0.15, -0.1) is 10.2 Å². The van der Waals surface area contributed by atoms with Gasteiger partial charge in [-0.2, -0.15) is 0 Å². The Kier molecular flexibility index (Phi) is 4.71. The highest BCUT2D eigenvalue weighted by molar-refractivity contribution is 14.1. The Bertz CT molecular complexity index is 844. The van der Waals surface area contributed by atoms with E-state index in [2.05, 4.69) is 38.1 Å². The molecule has 0 saturated heterocycles. The smallest absolute Gasteiger partial charge is 0.255 e. The minimum absolute atomic E-state index is 0.127. The summed E-state index contributed by atoms with van der Waals surface area (Å²) < 4.78 is 2.99. The first-order chi connectivity index (χ1) is 11.2. The lowest BCUT2D eigenvalue weighted by Crippen LogP contribution is -2.12. The second-order valence-electron chi connectivity index (χ2n) is 4.99. The third-order valence-corrected chi connectivity index (χ3v) is 4.09. The molecule has 0 atom stereocenters. The average molecular weight is 418 g/mol. The van der Waals surface area contributed by atoms with E-state index in [-0.39, 0.29) is 5.91 Å². The third kappa shape index (κ3) is 3.58. The highest BCUT2D eigenvalue weighted by Gasteiger charge is 2.09. The summed E-state index contributed by atoms with van der Waals surface area (Å²) in [5, 5.41) is 11.0. The van der Waals surface area contributed by atoms with Gasteiger partial charge in [0.25, 0.3) is 5.91 Å². The Labute approximate surface area is 147 Å². The number of carbonyl (C=O) groups excluding carboxylic acids is 1. The fourth-order valence-electron chi connectivity index (χ4n) is 2.28. The van der Waals surface area contributed by atoms with Crippen LogP contribution in [0.5, 0.6) is 0 Å². The van der Waals surface area contributed by atoms with Crippen LogP contribution in [0.4, 0.5) is 5.69 Å². The van der Waals surface area contributed by atoms with Crippen LogP contribution in [0.15, 0.2) is 54.9 Å². The number of nitrogens with zero attached hydrogens (tertiary/aromatic N) is 3. The molecule has 116 valence electrons. The van der Waals surface area contributed by atoms with Crippen LogP contribution in [0.25, 0.3) is 11.4 Å². The van der Waals surface area contributed by atoms with Crippen LogP contribution in [-0.4, -0.2) is 20.7 Å². The summed E-state index contributed by atoms with van der Waals surface area (Å²) in [4.78, 5) is 12.3. The molecule has 0 radical (unpaired) electrons. The van der Waals surface area contributed by atoms with E-state index in [9.17, 15) is 4.79 Å². The third-order valence-electron chi connectivity index (χ3n) is 3.42. The molecule has 5 nitrogen and oxygen atoms in total. The largest absolute Gasteiger partial charge is 0.322 e. The van der Waals surface area contributed by atoms with Crippen molar-refractivity contribution in [1.82, 2.24) is 14.8 Å². The van der Waals surface area contributed by atoms with Crippen LogP contribution in [-0.2, 0) is 6.54 Å². The molecule has 3 aromatic rings. The van der Waals surface area contributed by atoms with Gasteiger partial charge in [0.05, 0.1) is 0 Å². The van der Waals surface area contributed by atoms with Gasteiger partial charge in [-0.25, -0.2) is 0 Å². The van der Waals surface area contributed by atoms with E-state index in [4.69, 9.17) is 0 Å². The van der Waals surface area contributed by atoms with Crippen molar-refractivity contribution in [2.24, 2.45) is 0 Å². The van der Waals surface area contributed by atoms with E-state index in [1.54, 1.807) is 12.4 Å². The molecule has 0 fully saturated rings. The molecule has 1 N–H and O–H groups in total. The highest BCUT2D eigenvalue weighted by Crippen LogP contribution is 2.21. The molecular weight excluding hydrogens is 403 g/mol. The Hall–Kier alpha value is -2.22. The Morgan fingerprint density at radius 3 is 2.83 bits per heavy atom. The molecular formula is C17H15IN4O. The number of rotatable bonds is 4. The first-order valence-electron chi connectivity index (χ1n) is 7.22. The van der Waals surface area contributed by atoms with Gasteiger partial charge in [0.15, 0.2) is 5.82 Å². The van der Waals surface area contributed by atoms with Gasteiger partial charge >= 0.3 is 0 Å². The van der Waals surface area contributed by atoms with E-state index in [1.165, 1.54) is 0 Å². The molecule has 1 heterocycles. The number of nitrogens with one attached hydrogen (secondary N) is 1. The number of carbonyl (C=O) groups is 1. The molecule has 0 spiro atoms. The molecule has 23 heavy (non-hydrogen) atoms. The molecule has 0 aliphatic carbocycles. The van der Waals surface area contributed by atoms with Crippen LogP contribution in [0.3, 0.4) is 0 Å². The molecule has 6 heteroatoms. The van der Waals surface area contributed by atoms with Crippen molar-refractivity contribution in [1.29, 1.82) is 0 Å². The van der Waals surface area contributed by atoms with Crippen molar-refractivity contribution in [3.63, 3.8) is 0 Å². The lowest BCUT2D eigenvalue weighted by atomic mass is 10.1. The molecule has 0 bridgehead atoms. The first-order valence-corrected chi connectivity index (χ1v) is 8.30. The number of halogens is 1. The monoisotopic (exact) mass is 418 g/mol. The summed E-state index contributed by atoms with van der Waals surface area (Å²) in [6.07, 6.45) is 1.70. The van der Waals surface area contributed by atoms with E-state index >= 15 is 0 Å². The van der Waals surface area contributed by atoms with Crippen molar-refractivity contribution >= 4 is 34.2 Å². The minimum atomic E-state index is -0.127. The maximum atomic E-state index is 12.3. The topological polar surface area (TPSA) is 59.8 Å². The predicted octanol–water partition coefficient (Wildman–Crippen LogP) is 3.82. The zero-order valence-electron chi connectivity index (χ0n) is 12.5. The Morgan fingerprint density at radius 1 is 1.22 bits per heavy atom. The zero-order valence-corrected chi connectivity index (χ0v) is 14.7. The molecule has 2 aromatic carbocycles. The van der Waals surface area contributed by atoms with Crippen molar-refractivity contribution < 1.29 is 4.79 Å². The normalized spacial score (nSPS) is 10.5. The van der Waals surface area contributed by atoms with Crippen molar-refractivity contribution in [2.45, 2.75) is 13.5 Å². The predicted molar refractivity (Wildman–Crippen MR) is 98.2 cm³/mol. The first kappa shape index (κ1) is 15.7. The summed E-state index contributed by atoms with van der Waals surface area (Å²) in [6.45, 7) is 2.83. The van der Waals surface area contributed by atoms with Crippen LogP contribution in [0, 0.1) is 3.57 Å². The Balaban J connectivity index is 1.84. The van der Waals surface area contributed by atoms with Crippen LogP contribution < -0.4 is 5.32 Å². The van der Waals surface area contributed by atoms with Gasteiger partial charge in [0.2, 0.25) is 0 Å². The average Bonchev–Trinajstić information content (AvgIpc) is 3.04. The van der Waals surface area contributed by atoms with Gasteiger partial charge in [0, 0.05) is 26.9 Å². The lowest BCUT2D eigenvalue weighted by Gasteiger charge is -2.08. The standard InChI is InChI=1S/C17H15IN4O/c1-2-22-11-19-21-16(22)12-5-4-8-15(10-12)20-17(23)13-6-3-7-14(18)9-13/h3-11H,2H2,1H3,(H,20,23). The van der Waals surface area contributed by atoms with E-state index in [0.717, 1.165) is 27.2 Å². The second kappa shape index (κ2) is 6.91. The van der Waals surface area contributed by atoms with E-state index in [1.807, 2.05) is 54.0 Å². The molecule has 0 unspecified atom stereocenters.